The van der Waals surface area contributed by atoms with Crippen molar-refractivity contribution >= 4 is 18.1 Å². The summed E-state index contributed by atoms with van der Waals surface area (Å²) in [6, 6.07) is 11.0. The van der Waals surface area contributed by atoms with E-state index >= 15 is 0 Å². The number of fused-ring (bicyclic) bond motifs is 1. The number of para-hydroxylation sites is 1. The van der Waals surface area contributed by atoms with Gasteiger partial charge in [0.05, 0.1) is 11.8 Å². The average Bonchev–Trinajstić information content (AvgIpc) is 3.32. The molecule has 0 saturated heterocycles. The lowest BCUT2D eigenvalue weighted by Crippen LogP contribution is -2.44. The summed E-state index contributed by atoms with van der Waals surface area (Å²) in [5.41, 5.74) is 9.59. The Morgan fingerprint density at radius 2 is 2.07 bits per heavy atom. The number of furan rings is 1. The molecule has 2 aliphatic rings. The lowest BCUT2D eigenvalue weighted by Gasteiger charge is -2.34. The van der Waals surface area contributed by atoms with E-state index in [1.807, 2.05) is 6.07 Å². The van der Waals surface area contributed by atoms with Gasteiger partial charge in [-0.05, 0) is 50.3 Å². The third kappa shape index (κ3) is 2.93. The van der Waals surface area contributed by atoms with Gasteiger partial charge in [-0.25, -0.2) is 0 Å². The maximum absolute atomic E-state index is 6.31. The molecule has 2 aromatic heterocycles. The molecule has 2 N–H and O–H groups in total. The Balaban J connectivity index is 0.00000180. The van der Waals surface area contributed by atoms with Gasteiger partial charge < -0.3 is 19.6 Å². The molecular weight excluding hydrogens is 364 g/mol. The van der Waals surface area contributed by atoms with Gasteiger partial charge in [0.15, 0.2) is 11.6 Å². The van der Waals surface area contributed by atoms with E-state index in [-0.39, 0.29) is 12.4 Å². The van der Waals surface area contributed by atoms with Gasteiger partial charge in [0.1, 0.15) is 0 Å². The van der Waals surface area contributed by atoms with Crippen molar-refractivity contribution < 1.29 is 8.94 Å². The normalized spacial score (nSPS) is 20.1. The van der Waals surface area contributed by atoms with Gasteiger partial charge in [-0.2, -0.15) is 4.98 Å². The molecule has 1 fully saturated rings. The molecule has 1 unspecified atom stereocenters. The highest BCUT2D eigenvalue weighted by molar-refractivity contribution is 5.85. The Kier molecular flexibility index (Phi) is 4.48. The number of aromatic nitrogens is 2. The maximum atomic E-state index is 6.31. The van der Waals surface area contributed by atoms with E-state index in [2.05, 4.69) is 46.2 Å². The number of hydrogen-bond acceptors (Lipinski definition) is 6. The van der Waals surface area contributed by atoms with Crippen LogP contribution in [0.3, 0.4) is 0 Å². The minimum absolute atomic E-state index is 0. The van der Waals surface area contributed by atoms with Crippen LogP contribution in [-0.2, 0) is 18.5 Å². The largest absolute Gasteiger partial charge is 0.459 e. The number of hydrogen-bond donors (Lipinski definition) is 1. The minimum atomic E-state index is -0.434. The monoisotopic (exact) mass is 386 g/mol. The summed E-state index contributed by atoms with van der Waals surface area (Å²) >= 11 is 0. The standard InChI is InChI=1S/C20H22N4O2.ClH/c1-13-11-14-5-2-3-6-16(14)24(13)12-15-7-10-25-17(15)18-22-19(23-26-18)20(21)8-4-9-20;/h2-3,5-7,10,13H,4,8-9,11-12,21H2,1H3;1H. The first kappa shape index (κ1) is 18.1. The van der Waals surface area contributed by atoms with Crippen molar-refractivity contribution in [2.24, 2.45) is 5.73 Å². The number of halogens is 1. The topological polar surface area (TPSA) is 81.3 Å². The molecule has 1 aliphatic heterocycles. The minimum Gasteiger partial charge on any atom is -0.459 e. The number of anilines is 1. The van der Waals surface area contributed by atoms with Crippen molar-refractivity contribution in [3.05, 3.63) is 53.5 Å². The van der Waals surface area contributed by atoms with Gasteiger partial charge in [0.25, 0.3) is 5.89 Å². The van der Waals surface area contributed by atoms with Crippen molar-refractivity contribution in [1.82, 2.24) is 10.1 Å². The molecule has 0 amide bonds. The summed E-state index contributed by atoms with van der Waals surface area (Å²) in [4.78, 5) is 6.93. The van der Waals surface area contributed by atoms with Crippen LogP contribution in [-0.4, -0.2) is 16.2 Å². The van der Waals surface area contributed by atoms with Gasteiger partial charge in [0.2, 0.25) is 0 Å². The molecule has 6 nitrogen and oxygen atoms in total. The Labute approximate surface area is 164 Å². The second-order valence-corrected chi connectivity index (χ2v) is 7.52. The predicted molar refractivity (Wildman–Crippen MR) is 105 cm³/mol. The highest BCUT2D eigenvalue weighted by atomic mass is 35.5. The van der Waals surface area contributed by atoms with Crippen molar-refractivity contribution in [2.45, 2.75) is 50.7 Å². The summed E-state index contributed by atoms with van der Waals surface area (Å²) < 4.78 is 11.2. The summed E-state index contributed by atoms with van der Waals surface area (Å²) in [5.74, 6) is 1.64. The smallest absolute Gasteiger partial charge is 0.294 e. The van der Waals surface area contributed by atoms with Gasteiger partial charge >= 0.3 is 0 Å². The second-order valence-electron chi connectivity index (χ2n) is 7.52. The Bertz CT molecular complexity index is 947. The molecule has 1 atom stereocenters. The van der Waals surface area contributed by atoms with E-state index in [1.54, 1.807) is 6.26 Å². The zero-order valence-electron chi connectivity index (χ0n) is 15.2. The van der Waals surface area contributed by atoms with Crippen LogP contribution in [0, 0.1) is 0 Å². The van der Waals surface area contributed by atoms with Gasteiger partial charge in [0, 0.05) is 23.8 Å². The number of benzene rings is 1. The molecule has 7 heteroatoms. The molecule has 0 spiro atoms. The molecular formula is C20H23ClN4O2. The van der Waals surface area contributed by atoms with Crippen molar-refractivity contribution in [3.8, 4) is 11.7 Å². The van der Waals surface area contributed by atoms with Crippen LogP contribution in [0.15, 0.2) is 45.5 Å². The lowest BCUT2D eigenvalue weighted by atomic mass is 9.77. The second kappa shape index (κ2) is 6.69. The average molecular weight is 387 g/mol. The molecule has 0 radical (unpaired) electrons. The van der Waals surface area contributed by atoms with E-state index in [0.717, 1.165) is 37.8 Å². The molecule has 0 bridgehead atoms. The van der Waals surface area contributed by atoms with Crippen LogP contribution < -0.4 is 10.6 Å². The fraction of sp³-hybridized carbons (Fsp3) is 0.400. The third-order valence-corrected chi connectivity index (χ3v) is 5.75. The molecule has 3 heterocycles. The quantitative estimate of drug-likeness (QED) is 0.728. The van der Waals surface area contributed by atoms with Crippen LogP contribution in [0.25, 0.3) is 11.7 Å². The lowest BCUT2D eigenvalue weighted by molar-refractivity contribution is 0.229. The maximum Gasteiger partial charge on any atom is 0.294 e. The highest BCUT2D eigenvalue weighted by Crippen LogP contribution is 2.39. The first-order valence-corrected chi connectivity index (χ1v) is 9.18. The van der Waals surface area contributed by atoms with E-state index in [1.165, 1.54) is 11.3 Å². The van der Waals surface area contributed by atoms with Crippen molar-refractivity contribution in [1.29, 1.82) is 0 Å². The van der Waals surface area contributed by atoms with Crippen LogP contribution in [0.4, 0.5) is 5.69 Å². The Hall–Kier alpha value is -2.31. The predicted octanol–water partition coefficient (Wildman–Crippen LogP) is 4.04. The van der Waals surface area contributed by atoms with E-state index in [0.29, 0.717) is 23.5 Å². The first-order chi connectivity index (χ1) is 12.6. The summed E-state index contributed by atoms with van der Waals surface area (Å²) in [7, 11) is 0. The van der Waals surface area contributed by atoms with E-state index in [4.69, 9.17) is 14.7 Å². The van der Waals surface area contributed by atoms with Crippen LogP contribution in [0.5, 0.6) is 0 Å². The summed E-state index contributed by atoms with van der Waals surface area (Å²) in [6.45, 7) is 2.99. The SMILES string of the molecule is CC1Cc2ccccc2N1Cc1ccoc1-c1nc(C2(N)CCC2)no1.Cl. The zero-order chi connectivity index (χ0) is 17.7. The van der Waals surface area contributed by atoms with Gasteiger partial charge in [-0.15, -0.1) is 12.4 Å². The Morgan fingerprint density at radius 1 is 1.26 bits per heavy atom. The third-order valence-electron chi connectivity index (χ3n) is 5.75. The number of nitrogens with two attached hydrogens (primary N) is 1. The number of rotatable bonds is 4. The van der Waals surface area contributed by atoms with Crippen molar-refractivity contribution in [2.75, 3.05) is 4.90 Å². The number of nitrogens with zero attached hydrogens (tertiary/aromatic N) is 3. The molecule has 5 rings (SSSR count). The zero-order valence-corrected chi connectivity index (χ0v) is 16.0. The van der Waals surface area contributed by atoms with Gasteiger partial charge in [-0.1, -0.05) is 23.4 Å². The molecule has 3 aromatic rings. The Morgan fingerprint density at radius 3 is 2.85 bits per heavy atom. The molecule has 142 valence electrons. The highest BCUT2D eigenvalue weighted by Gasteiger charge is 2.39. The van der Waals surface area contributed by atoms with E-state index < -0.39 is 5.54 Å². The van der Waals surface area contributed by atoms with Crippen LogP contribution in [0.2, 0.25) is 0 Å². The fourth-order valence-corrected chi connectivity index (χ4v) is 4.00. The van der Waals surface area contributed by atoms with E-state index in [9.17, 15) is 0 Å². The van der Waals surface area contributed by atoms with Gasteiger partial charge in [-0.3, -0.25) is 0 Å². The van der Waals surface area contributed by atoms with Crippen LogP contribution in [0.1, 0.15) is 43.1 Å². The molecule has 1 aromatic carbocycles. The fourth-order valence-electron chi connectivity index (χ4n) is 4.00. The first-order valence-electron chi connectivity index (χ1n) is 9.18. The molecule has 1 saturated carbocycles. The van der Waals surface area contributed by atoms with Crippen LogP contribution >= 0.6 is 12.4 Å². The molecule has 1 aliphatic carbocycles. The summed E-state index contributed by atoms with van der Waals surface area (Å²) in [5, 5.41) is 4.11. The summed E-state index contributed by atoms with van der Waals surface area (Å²) in [6.07, 6.45) is 5.66. The van der Waals surface area contributed by atoms with Crippen molar-refractivity contribution in [3.63, 3.8) is 0 Å². The molecule has 27 heavy (non-hydrogen) atoms.